The molecule has 1 rings (SSSR count). The lowest BCUT2D eigenvalue weighted by atomic mass is 9.93. The predicted octanol–water partition coefficient (Wildman–Crippen LogP) is 3.06. The third-order valence-electron chi connectivity index (χ3n) is 2.80. The molecule has 0 saturated heterocycles. The monoisotopic (exact) mass is 313 g/mol. The molecule has 2 amide bonds. The molecule has 0 fully saturated rings. The highest BCUT2D eigenvalue weighted by molar-refractivity contribution is 7.13. The minimum atomic E-state index is -1.03. The van der Waals surface area contributed by atoms with Crippen molar-refractivity contribution in [3.05, 3.63) is 11.1 Å². The number of hydrogen-bond donors (Lipinski definition) is 3. The Bertz CT molecular complexity index is 506. The molecule has 118 valence electrons. The molecule has 0 unspecified atom stereocenters. The van der Waals surface area contributed by atoms with Gasteiger partial charge in [0.1, 0.15) is 6.04 Å². The fourth-order valence-electron chi connectivity index (χ4n) is 1.66. The Morgan fingerprint density at radius 1 is 1.38 bits per heavy atom. The van der Waals surface area contributed by atoms with E-state index in [4.69, 9.17) is 5.11 Å². The molecule has 6 nitrogen and oxygen atoms in total. The molecule has 3 N–H and O–H groups in total. The summed E-state index contributed by atoms with van der Waals surface area (Å²) in [5.74, 6) is -0.855. The van der Waals surface area contributed by atoms with Crippen LogP contribution in [-0.4, -0.2) is 28.1 Å². The molecule has 21 heavy (non-hydrogen) atoms. The maximum absolute atomic E-state index is 11.8. The molecule has 0 aliphatic heterocycles. The van der Waals surface area contributed by atoms with Gasteiger partial charge in [-0.05, 0) is 12.3 Å². The zero-order chi connectivity index (χ0) is 16.2. The molecule has 1 heterocycles. The van der Waals surface area contributed by atoms with Gasteiger partial charge in [0.25, 0.3) is 0 Å². The molecule has 1 aromatic rings. The third-order valence-corrected chi connectivity index (χ3v) is 3.56. The standard InChI is InChI=1S/C14H23N3O3S/c1-8(2)6-9(11(18)19)15-12(20)17-13-16-10(7-21-13)14(3,4)5/h7-9H,6H2,1-5H3,(H,18,19)(H2,15,16,17,20)/t9-/m1/s1. The van der Waals surface area contributed by atoms with Gasteiger partial charge in [0.15, 0.2) is 5.13 Å². The lowest BCUT2D eigenvalue weighted by Gasteiger charge is -2.16. The van der Waals surface area contributed by atoms with Crippen molar-refractivity contribution in [1.29, 1.82) is 0 Å². The number of urea groups is 1. The molecule has 1 atom stereocenters. The maximum atomic E-state index is 11.8. The Morgan fingerprint density at radius 3 is 2.43 bits per heavy atom. The van der Waals surface area contributed by atoms with Gasteiger partial charge in [-0.1, -0.05) is 34.6 Å². The third kappa shape index (κ3) is 5.71. The van der Waals surface area contributed by atoms with Crippen molar-refractivity contribution in [3.63, 3.8) is 0 Å². The lowest BCUT2D eigenvalue weighted by molar-refractivity contribution is -0.139. The van der Waals surface area contributed by atoms with Crippen LogP contribution in [0.15, 0.2) is 5.38 Å². The largest absolute Gasteiger partial charge is 0.480 e. The quantitative estimate of drug-likeness (QED) is 0.779. The van der Waals surface area contributed by atoms with Crippen molar-refractivity contribution >= 4 is 28.5 Å². The molecule has 0 radical (unpaired) electrons. The Hall–Kier alpha value is -1.63. The lowest BCUT2D eigenvalue weighted by Crippen LogP contribution is -2.43. The molecular weight excluding hydrogens is 290 g/mol. The maximum Gasteiger partial charge on any atom is 0.326 e. The van der Waals surface area contributed by atoms with E-state index in [0.717, 1.165) is 5.69 Å². The number of anilines is 1. The molecule has 1 aromatic heterocycles. The SMILES string of the molecule is CC(C)C[C@@H](NC(=O)Nc1nc(C(C)(C)C)cs1)C(=O)O. The molecule has 0 saturated carbocycles. The smallest absolute Gasteiger partial charge is 0.326 e. The van der Waals surface area contributed by atoms with Gasteiger partial charge in [-0.15, -0.1) is 11.3 Å². The number of nitrogens with one attached hydrogen (secondary N) is 2. The van der Waals surface area contributed by atoms with Gasteiger partial charge in [-0.3, -0.25) is 5.32 Å². The summed E-state index contributed by atoms with van der Waals surface area (Å²) in [5.41, 5.74) is 0.800. The Kier molecular flexibility index (Phi) is 5.71. The van der Waals surface area contributed by atoms with E-state index in [9.17, 15) is 9.59 Å². The molecular formula is C14H23N3O3S. The van der Waals surface area contributed by atoms with Crippen LogP contribution in [0.25, 0.3) is 0 Å². The van der Waals surface area contributed by atoms with Crippen LogP contribution < -0.4 is 10.6 Å². The van der Waals surface area contributed by atoms with Crippen LogP contribution in [0.1, 0.15) is 46.7 Å². The Morgan fingerprint density at radius 2 is 2.00 bits per heavy atom. The number of nitrogens with zero attached hydrogens (tertiary/aromatic N) is 1. The van der Waals surface area contributed by atoms with Gasteiger partial charge >= 0.3 is 12.0 Å². The minimum absolute atomic E-state index is 0.0891. The zero-order valence-corrected chi connectivity index (χ0v) is 13.9. The van der Waals surface area contributed by atoms with E-state index in [1.807, 2.05) is 40.0 Å². The number of carbonyl (C=O) groups is 2. The van der Waals surface area contributed by atoms with Crippen LogP contribution in [0.5, 0.6) is 0 Å². The summed E-state index contributed by atoms with van der Waals surface area (Å²) in [6.45, 7) is 9.93. The first kappa shape index (κ1) is 17.4. The van der Waals surface area contributed by atoms with Crippen LogP contribution in [0.4, 0.5) is 9.93 Å². The zero-order valence-electron chi connectivity index (χ0n) is 13.1. The summed E-state index contributed by atoms with van der Waals surface area (Å²) in [5, 5.41) is 16.5. The van der Waals surface area contributed by atoms with E-state index in [1.54, 1.807) is 0 Å². The summed E-state index contributed by atoms with van der Waals surface area (Å²) in [7, 11) is 0. The van der Waals surface area contributed by atoms with Crippen LogP contribution >= 0.6 is 11.3 Å². The van der Waals surface area contributed by atoms with E-state index in [-0.39, 0.29) is 11.3 Å². The molecule has 0 spiro atoms. The number of amides is 2. The predicted molar refractivity (Wildman–Crippen MR) is 83.8 cm³/mol. The first-order valence-electron chi connectivity index (χ1n) is 6.86. The average Bonchev–Trinajstić information content (AvgIpc) is 2.75. The van der Waals surface area contributed by atoms with Gasteiger partial charge in [0.05, 0.1) is 5.69 Å². The van der Waals surface area contributed by atoms with E-state index >= 15 is 0 Å². The number of carbonyl (C=O) groups excluding carboxylic acids is 1. The Labute approximate surface area is 129 Å². The number of carboxylic acids is 1. The molecule has 0 aliphatic carbocycles. The summed E-state index contributed by atoms with van der Waals surface area (Å²) < 4.78 is 0. The number of aromatic nitrogens is 1. The number of carboxylic acid groups (broad SMARTS) is 1. The summed E-state index contributed by atoms with van der Waals surface area (Å²) >= 11 is 1.32. The Balaban J connectivity index is 2.64. The number of rotatable bonds is 5. The van der Waals surface area contributed by atoms with Crippen LogP contribution in [0, 0.1) is 5.92 Å². The van der Waals surface area contributed by atoms with Gasteiger partial charge in [-0.2, -0.15) is 0 Å². The highest BCUT2D eigenvalue weighted by atomic mass is 32.1. The van der Waals surface area contributed by atoms with Crippen molar-refractivity contribution < 1.29 is 14.7 Å². The van der Waals surface area contributed by atoms with E-state index < -0.39 is 18.0 Å². The first-order valence-corrected chi connectivity index (χ1v) is 7.74. The fourth-order valence-corrected chi connectivity index (χ4v) is 2.59. The molecule has 0 aromatic carbocycles. The van der Waals surface area contributed by atoms with Crippen molar-refractivity contribution in [2.75, 3.05) is 5.32 Å². The van der Waals surface area contributed by atoms with E-state index in [0.29, 0.717) is 11.6 Å². The average molecular weight is 313 g/mol. The summed E-state index contributed by atoms with van der Waals surface area (Å²) in [4.78, 5) is 27.3. The van der Waals surface area contributed by atoms with Gasteiger partial charge in [0.2, 0.25) is 0 Å². The second-order valence-electron chi connectivity index (χ2n) is 6.41. The van der Waals surface area contributed by atoms with Crippen molar-refractivity contribution in [2.45, 2.75) is 52.5 Å². The van der Waals surface area contributed by atoms with Crippen LogP contribution in [0.3, 0.4) is 0 Å². The molecule has 7 heteroatoms. The van der Waals surface area contributed by atoms with E-state index in [1.165, 1.54) is 11.3 Å². The fraction of sp³-hybridized carbons (Fsp3) is 0.643. The normalized spacial score (nSPS) is 13.0. The molecule has 0 aliphatic rings. The highest BCUT2D eigenvalue weighted by Gasteiger charge is 2.22. The minimum Gasteiger partial charge on any atom is -0.480 e. The number of thiazole rings is 1. The van der Waals surface area contributed by atoms with E-state index in [2.05, 4.69) is 15.6 Å². The van der Waals surface area contributed by atoms with Crippen molar-refractivity contribution in [1.82, 2.24) is 10.3 Å². The first-order chi connectivity index (χ1) is 9.59. The van der Waals surface area contributed by atoms with Gasteiger partial charge in [0, 0.05) is 10.8 Å². The van der Waals surface area contributed by atoms with Crippen molar-refractivity contribution in [2.24, 2.45) is 5.92 Å². The molecule has 0 bridgehead atoms. The van der Waals surface area contributed by atoms with Crippen LogP contribution in [-0.2, 0) is 10.2 Å². The summed E-state index contributed by atoms with van der Waals surface area (Å²) in [6.07, 6.45) is 0.383. The summed E-state index contributed by atoms with van der Waals surface area (Å²) in [6, 6.07) is -1.44. The second kappa shape index (κ2) is 6.89. The van der Waals surface area contributed by atoms with Crippen molar-refractivity contribution in [3.8, 4) is 0 Å². The topological polar surface area (TPSA) is 91.3 Å². The second-order valence-corrected chi connectivity index (χ2v) is 7.26. The highest BCUT2D eigenvalue weighted by Crippen LogP contribution is 2.26. The number of hydrogen-bond acceptors (Lipinski definition) is 4. The van der Waals surface area contributed by atoms with Gasteiger partial charge < -0.3 is 10.4 Å². The number of aliphatic carboxylic acids is 1. The van der Waals surface area contributed by atoms with Crippen LogP contribution in [0.2, 0.25) is 0 Å². The van der Waals surface area contributed by atoms with Gasteiger partial charge in [-0.25, -0.2) is 14.6 Å².